The van der Waals surface area contributed by atoms with E-state index in [1.807, 2.05) is 0 Å². The molecular formula is C18H15N3O4. The average Bonchev–Trinajstić information content (AvgIpc) is 2.61. The van der Waals surface area contributed by atoms with Crippen molar-refractivity contribution in [1.82, 2.24) is 5.43 Å². The molecule has 0 radical (unpaired) electrons. The van der Waals surface area contributed by atoms with Gasteiger partial charge >= 0.3 is 0 Å². The van der Waals surface area contributed by atoms with E-state index in [1.54, 1.807) is 24.3 Å². The second-order valence-corrected chi connectivity index (χ2v) is 4.96. The molecule has 2 aromatic rings. The smallest absolute Gasteiger partial charge is 0.269 e. The zero-order valence-electron chi connectivity index (χ0n) is 13.2. The highest BCUT2D eigenvalue weighted by molar-refractivity contribution is 5.83. The summed E-state index contributed by atoms with van der Waals surface area (Å²) in [4.78, 5) is 21.9. The van der Waals surface area contributed by atoms with Gasteiger partial charge in [0.25, 0.3) is 5.69 Å². The Morgan fingerprint density at radius 1 is 1.32 bits per heavy atom. The van der Waals surface area contributed by atoms with Gasteiger partial charge in [-0.1, -0.05) is 30.2 Å². The lowest BCUT2D eigenvalue weighted by atomic mass is 10.1. The Kier molecular flexibility index (Phi) is 6.25. The van der Waals surface area contributed by atoms with E-state index in [2.05, 4.69) is 16.4 Å². The van der Waals surface area contributed by atoms with Crippen molar-refractivity contribution in [3.63, 3.8) is 0 Å². The van der Waals surface area contributed by atoms with Crippen molar-refractivity contribution in [3.05, 3.63) is 69.8 Å². The first-order valence-corrected chi connectivity index (χ1v) is 7.30. The number of nitro benzene ring substituents is 1. The number of hydrazone groups is 1. The van der Waals surface area contributed by atoms with Gasteiger partial charge in [-0.25, -0.2) is 5.43 Å². The summed E-state index contributed by atoms with van der Waals surface area (Å²) in [7, 11) is 0. The van der Waals surface area contributed by atoms with Gasteiger partial charge in [-0.15, -0.1) is 6.42 Å². The summed E-state index contributed by atoms with van der Waals surface area (Å²) in [5.74, 6) is 2.66. The molecule has 0 aliphatic rings. The lowest BCUT2D eigenvalue weighted by molar-refractivity contribution is -0.384. The summed E-state index contributed by atoms with van der Waals surface area (Å²) in [6.45, 7) is 0.173. The fraction of sp³-hybridized carbons (Fsp3) is 0.111. The molecule has 0 heterocycles. The molecular weight excluding hydrogens is 322 g/mol. The van der Waals surface area contributed by atoms with Gasteiger partial charge in [0, 0.05) is 12.1 Å². The molecule has 0 unspecified atom stereocenters. The highest BCUT2D eigenvalue weighted by Gasteiger charge is 2.06. The number of carbonyl (C=O) groups excluding carboxylic acids is 1. The Morgan fingerprint density at radius 2 is 2.08 bits per heavy atom. The van der Waals surface area contributed by atoms with Crippen LogP contribution in [0.4, 0.5) is 5.69 Å². The summed E-state index contributed by atoms with van der Waals surface area (Å²) < 4.78 is 5.30. The molecule has 0 aliphatic heterocycles. The van der Waals surface area contributed by atoms with Crippen LogP contribution in [0.25, 0.3) is 0 Å². The fourth-order valence-electron chi connectivity index (χ4n) is 1.95. The molecule has 2 rings (SSSR count). The zero-order chi connectivity index (χ0) is 18.1. The molecule has 0 atom stereocenters. The topological polar surface area (TPSA) is 93.8 Å². The van der Waals surface area contributed by atoms with Crippen molar-refractivity contribution in [2.75, 3.05) is 6.61 Å². The molecule has 1 N–H and O–H groups in total. The quantitative estimate of drug-likeness (QED) is 0.363. The highest BCUT2D eigenvalue weighted by atomic mass is 16.6. The number of hydrogen-bond donors (Lipinski definition) is 1. The maximum Gasteiger partial charge on any atom is 0.269 e. The molecule has 0 bridgehead atoms. The largest absolute Gasteiger partial charge is 0.481 e. The van der Waals surface area contributed by atoms with E-state index in [0.29, 0.717) is 11.3 Å². The molecule has 0 aliphatic carbocycles. The molecule has 126 valence electrons. The van der Waals surface area contributed by atoms with Crippen LogP contribution < -0.4 is 10.2 Å². The summed E-state index contributed by atoms with van der Waals surface area (Å²) >= 11 is 0. The number of ether oxygens (including phenoxy) is 1. The van der Waals surface area contributed by atoms with Crippen molar-refractivity contribution in [2.24, 2.45) is 5.10 Å². The maximum atomic E-state index is 11.8. The average molecular weight is 337 g/mol. The number of amides is 1. The van der Waals surface area contributed by atoms with E-state index in [-0.39, 0.29) is 24.6 Å². The monoisotopic (exact) mass is 337 g/mol. The lowest BCUT2D eigenvalue weighted by Gasteiger charge is -2.03. The lowest BCUT2D eigenvalue weighted by Crippen LogP contribution is -2.19. The first kappa shape index (κ1) is 17.7. The second kappa shape index (κ2) is 8.84. The minimum Gasteiger partial charge on any atom is -0.481 e. The van der Waals surface area contributed by atoms with E-state index in [1.165, 1.54) is 30.5 Å². The number of benzene rings is 2. The molecule has 0 saturated heterocycles. The third-order valence-corrected chi connectivity index (χ3v) is 3.09. The maximum absolute atomic E-state index is 11.8. The number of nitrogens with zero attached hydrogens (tertiary/aromatic N) is 2. The van der Waals surface area contributed by atoms with Crippen LogP contribution in [-0.2, 0) is 11.2 Å². The minimum atomic E-state index is -0.491. The van der Waals surface area contributed by atoms with E-state index in [0.717, 1.165) is 5.56 Å². The van der Waals surface area contributed by atoms with Crippen LogP contribution >= 0.6 is 0 Å². The van der Waals surface area contributed by atoms with Gasteiger partial charge in [-0.05, 0) is 23.3 Å². The van der Waals surface area contributed by atoms with Crippen molar-refractivity contribution in [3.8, 4) is 18.1 Å². The van der Waals surface area contributed by atoms with E-state index in [9.17, 15) is 14.9 Å². The summed E-state index contributed by atoms with van der Waals surface area (Å²) in [5, 5.41) is 14.5. The van der Waals surface area contributed by atoms with Gasteiger partial charge in [0.15, 0.2) is 0 Å². The van der Waals surface area contributed by atoms with Gasteiger partial charge in [-0.2, -0.15) is 5.10 Å². The number of hydrogen-bond acceptors (Lipinski definition) is 5. The van der Waals surface area contributed by atoms with Crippen LogP contribution in [0.2, 0.25) is 0 Å². The first-order chi connectivity index (χ1) is 12.1. The Bertz CT molecular complexity index is 823. The standard InChI is InChI=1S/C18H15N3O4/c1-2-10-25-17-5-3-4-15(11-17)13-19-20-18(22)12-14-6-8-16(9-7-14)21(23)24/h1,3-9,11,13H,10,12H2,(H,20,22)/b19-13-. The van der Waals surface area contributed by atoms with Gasteiger partial charge in [0.1, 0.15) is 12.4 Å². The van der Waals surface area contributed by atoms with Gasteiger partial charge in [-0.3, -0.25) is 14.9 Å². The minimum absolute atomic E-state index is 0.0193. The van der Waals surface area contributed by atoms with Crippen LogP contribution in [0.15, 0.2) is 53.6 Å². The Balaban J connectivity index is 1.88. The Morgan fingerprint density at radius 3 is 2.76 bits per heavy atom. The number of non-ortho nitro benzene ring substituents is 1. The molecule has 0 fully saturated rings. The molecule has 7 heteroatoms. The van der Waals surface area contributed by atoms with Crippen LogP contribution in [0.1, 0.15) is 11.1 Å². The highest BCUT2D eigenvalue weighted by Crippen LogP contribution is 2.13. The summed E-state index contributed by atoms with van der Waals surface area (Å²) in [6, 6.07) is 12.9. The number of carbonyl (C=O) groups is 1. The zero-order valence-corrected chi connectivity index (χ0v) is 13.2. The van der Waals surface area contributed by atoms with Crippen LogP contribution in [0, 0.1) is 22.5 Å². The number of nitrogens with one attached hydrogen (secondary N) is 1. The molecule has 0 spiro atoms. The molecule has 2 aromatic carbocycles. The van der Waals surface area contributed by atoms with Crippen LogP contribution in [0.3, 0.4) is 0 Å². The van der Waals surface area contributed by atoms with E-state index in [4.69, 9.17) is 11.2 Å². The molecule has 0 saturated carbocycles. The van der Waals surface area contributed by atoms with Crippen LogP contribution in [-0.4, -0.2) is 23.7 Å². The third kappa shape index (κ3) is 5.80. The number of nitro groups is 1. The van der Waals surface area contributed by atoms with E-state index < -0.39 is 4.92 Å². The van der Waals surface area contributed by atoms with Crippen molar-refractivity contribution in [2.45, 2.75) is 6.42 Å². The number of rotatable bonds is 7. The Labute approximate surface area is 144 Å². The normalized spacial score (nSPS) is 10.2. The van der Waals surface area contributed by atoms with Crippen LogP contribution in [0.5, 0.6) is 5.75 Å². The van der Waals surface area contributed by atoms with Crippen molar-refractivity contribution in [1.29, 1.82) is 0 Å². The van der Waals surface area contributed by atoms with Crippen molar-refractivity contribution < 1.29 is 14.5 Å². The fourth-order valence-corrected chi connectivity index (χ4v) is 1.95. The van der Waals surface area contributed by atoms with Crippen molar-refractivity contribution >= 4 is 17.8 Å². The van der Waals surface area contributed by atoms with Gasteiger partial charge in [0.2, 0.25) is 5.91 Å². The third-order valence-electron chi connectivity index (χ3n) is 3.09. The van der Waals surface area contributed by atoms with E-state index >= 15 is 0 Å². The second-order valence-electron chi connectivity index (χ2n) is 4.96. The molecule has 25 heavy (non-hydrogen) atoms. The molecule has 1 amide bonds. The van der Waals surface area contributed by atoms with Gasteiger partial charge in [0.05, 0.1) is 17.6 Å². The number of terminal acetylenes is 1. The SMILES string of the molecule is C#CCOc1cccc(/C=N\NC(=O)Cc2ccc([N+](=O)[O-])cc2)c1. The predicted octanol–water partition coefficient (Wildman–Crippen LogP) is 2.30. The predicted molar refractivity (Wildman–Crippen MR) is 93.3 cm³/mol. The summed E-state index contributed by atoms with van der Waals surface area (Å²) in [5.41, 5.74) is 3.78. The first-order valence-electron chi connectivity index (χ1n) is 7.30. The molecule has 7 nitrogen and oxygen atoms in total. The molecule has 0 aromatic heterocycles. The summed E-state index contributed by atoms with van der Waals surface area (Å²) in [6.07, 6.45) is 6.68. The van der Waals surface area contributed by atoms with Gasteiger partial charge < -0.3 is 4.74 Å². The Hall–Kier alpha value is -3.66.